The molecule has 3 aromatic heterocycles. The molecule has 0 unspecified atom stereocenters. The number of hydrogen-bond acceptors (Lipinski definition) is 6. The first-order valence-corrected chi connectivity index (χ1v) is 8.75. The molecule has 1 saturated heterocycles. The highest BCUT2D eigenvalue weighted by atomic mass is 16.5. The van der Waals surface area contributed by atoms with Crippen molar-refractivity contribution in [2.45, 2.75) is 45.2 Å². The van der Waals surface area contributed by atoms with Crippen LogP contribution in [0, 0.1) is 0 Å². The SMILES string of the molecule is CC(C)c1nc([C@@H]2CCCN2CCn2nc3ccccn3c2=O)no1. The van der Waals surface area contributed by atoms with Gasteiger partial charge in [0.15, 0.2) is 11.5 Å². The third kappa shape index (κ3) is 2.97. The maximum absolute atomic E-state index is 12.4. The molecule has 0 aromatic carbocycles. The van der Waals surface area contributed by atoms with Crippen LogP contribution in [0.3, 0.4) is 0 Å². The van der Waals surface area contributed by atoms with E-state index in [2.05, 4.69) is 20.1 Å². The summed E-state index contributed by atoms with van der Waals surface area (Å²) in [5, 5.41) is 8.55. The van der Waals surface area contributed by atoms with Crippen LogP contribution in [-0.2, 0) is 6.54 Å². The third-order valence-corrected chi connectivity index (χ3v) is 4.70. The second-order valence-corrected chi connectivity index (χ2v) is 6.77. The van der Waals surface area contributed by atoms with E-state index in [4.69, 9.17) is 4.52 Å². The first-order chi connectivity index (χ1) is 12.1. The van der Waals surface area contributed by atoms with Crippen molar-refractivity contribution in [3.8, 4) is 0 Å². The molecule has 3 aromatic rings. The van der Waals surface area contributed by atoms with Gasteiger partial charge in [0.25, 0.3) is 0 Å². The number of hydrogen-bond donors (Lipinski definition) is 0. The molecule has 4 rings (SSSR count). The second-order valence-electron chi connectivity index (χ2n) is 6.77. The largest absolute Gasteiger partial charge is 0.350 e. The van der Waals surface area contributed by atoms with E-state index in [9.17, 15) is 4.79 Å². The van der Waals surface area contributed by atoms with Gasteiger partial charge in [-0.25, -0.2) is 9.48 Å². The second kappa shape index (κ2) is 6.44. The number of fused-ring (bicyclic) bond motifs is 1. The van der Waals surface area contributed by atoms with Gasteiger partial charge in [0, 0.05) is 18.7 Å². The molecule has 0 saturated carbocycles. The van der Waals surface area contributed by atoms with Gasteiger partial charge in [-0.2, -0.15) is 4.98 Å². The van der Waals surface area contributed by atoms with Gasteiger partial charge in [0.05, 0.1) is 12.6 Å². The van der Waals surface area contributed by atoms with Crippen LogP contribution in [0.5, 0.6) is 0 Å². The van der Waals surface area contributed by atoms with Gasteiger partial charge in [-0.1, -0.05) is 25.1 Å². The predicted molar refractivity (Wildman–Crippen MR) is 91.4 cm³/mol. The summed E-state index contributed by atoms with van der Waals surface area (Å²) >= 11 is 0. The van der Waals surface area contributed by atoms with Crippen LogP contribution in [0.1, 0.15) is 50.4 Å². The lowest BCUT2D eigenvalue weighted by molar-refractivity contribution is 0.229. The van der Waals surface area contributed by atoms with Gasteiger partial charge in [-0.15, -0.1) is 5.10 Å². The van der Waals surface area contributed by atoms with E-state index in [1.807, 2.05) is 32.0 Å². The lowest BCUT2D eigenvalue weighted by Gasteiger charge is -2.21. The summed E-state index contributed by atoms with van der Waals surface area (Å²) in [4.78, 5) is 19.2. The quantitative estimate of drug-likeness (QED) is 0.704. The van der Waals surface area contributed by atoms with E-state index in [0.717, 1.165) is 31.8 Å². The Balaban J connectivity index is 1.49. The summed E-state index contributed by atoms with van der Waals surface area (Å²) in [6.45, 7) is 6.34. The lowest BCUT2D eigenvalue weighted by atomic mass is 10.2. The smallest absolute Gasteiger partial charge is 0.339 e. The topological polar surface area (TPSA) is 81.5 Å². The molecule has 1 atom stereocenters. The molecular weight excluding hydrogens is 320 g/mol. The van der Waals surface area contributed by atoms with Crippen molar-refractivity contribution in [1.82, 2.24) is 29.2 Å². The van der Waals surface area contributed by atoms with Crippen LogP contribution < -0.4 is 5.69 Å². The van der Waals surface area contributed by atoms with Gasteiger partial charge >= 0.3 is 5.69 Å². The van der Waals surface area contributed by atoms with E-state index in [1.165, 1.54) is 4.68 Å². The molecule has 0 bridgehead atoms. The molecule has 1 aliphatic heterocycles. The van der Waals surface area contributed by atoms with E-state index >= 15 is 0 Å². The average Bonchev–Trinajstić information content (AvgIpc) is 3.31. The van der Waals surface area contributed by atoms with Crippen LogP contribution in [0.4, 0.5) is 0 Å². The highest BCUT2D eigenvalue weighted by Crippen LogP contribution is 2.30. The monoisotopic (exact) mass is 342 g/mol. The van der Waals surface area contributed by atoms with Gasteiger partial charge in [-0.05, 0) is 31.5 Å². The average molecular weight is 342 g/mol. The zero-order valence-electron chi connectivity index (χ0n) is 14.5. The van der Waals surface area contributed by atoms with Crippen LogP contribution >= 0.6 is 0 Å². The molecule has 0 N–H and O–H groups in total. The molecule has 8 heteroatoms. The zero-order valence-corrected chi connectivity index (χ0v) is 14.5. The van der Waals surface area contributed by atoms with Gasteiger partial charge in [-0.3, -0.25) is 9.30 Å². The molecular formula is C17H22N6O2. The van der Waals surface area contributed by atoms with E-state index in [1.54, 1.807) is 10.6 Å². The Bertz CT molecular complexity index is 925. The summed E-state index contributed by atoms with van der Waals surface area (Å²) < 4.78 is 8.44. The molecule has 8 nitrogen and oxygen atoms in total. The molecule has 25 heavy (non-hydrogen) atoms. The lowest BCUT2D eigenvalue weighted by Crippen LogP contribution is -2.31. The van der Waals surface area contributed by atoms with Crippen molar-refractivity contribution < 1.29 is 4.52 Å². The fraction of sp³-hybridized carbons (Fsp3) is 0.529. The Morgan fingerprint density at radius 2 is 2.20 bits per heavy atom. The van der Waals surface area contributed by atoms with Gasteiger partial charge in [0.1, 0.15) is 0 Å². The molecule has 0 amide bonds. The van der Waals surface area contributed by atoms with Crippen molar-refractivity contribution >= 4 is 5.65 Å². The Morgan fingerprint density at radius 1 is 1.32 bits per heavy atom. The summed E-state index contributed by atoms with van der Waals surface area (Å²) in [7, 11) is 0. The number of rotatable bonds is 5. The minimum atomic E-state index is -0.104. The van der Waals surface area contributed by atoms with E-state index in [-0.39, 0.29) is 17.6 Å². The normalized spacial score (nSPS) is 18.6. The molecule has 0 aliphatic carbocycles. The molecule has 0 spiro atoms. The third-order valence-electron chi connectivity index (χ3n) is 4.70. The van der Waals surface area contributed by atoms with Gasteiger partial charge in [0.2, 0.25) is 5.89 Å². The van der Waals surface area contributed by atoms with Crippen molar-refractivity contribution in [2.24, 2.45) is 0 Å². The van der Waals surface area contributed by atoms with Crippen LogP contribution in [-0.4, -0.2) is 42.3 Å². The zero-order chi connectivity index (χ0) is 17.4. The maximum Gasteiger partial charge on any atom is 0.350 e. The maximum atomic E-state index is 12.4. The summed E-state index contributed by atoms with van der Waals surface area (Å²) in [6, 6.07) is 5.71. The van der Waals surface area contributed by atoms with Gasteiger partial charge < -0.3 is 4.52 Å². The first-order valence-electron chi connectivity index (χ1n) is 8.75. The van der Waals surface area contributed by atoms with Crippen LogP contribution in [0.2, 0.25) is 0 Å². The number of aromatic nitrogens is 5. The minimum absolute atomic E-state index is 0.104. The Morgan fingerprint density at radius 3 is 2.96 bits per heavy atom. The molecule has 1 fully saturated rings. The number of likely N-dealkylation sites (tertiary alicyclic amines) is 1. The molecule has 0 radical (unpaired) electrons. The predicted octanol–water partition coefficient (Wildman–Crippen LogP) is 1.84. The summed E-state index contributed by atoms with van der Waals surface area (Å²) in [5.74, 6) is 1.66. The van der Waals surface area contributed by atoms with E-state index in [0.29, 0.717) is 18.1 Å². The van der Waals surface area contributed by atoms with E-state index < -0.39 is 0 Å². The Hall–Kier alpha value is -2.48. The number of pyridine rings is 1. The van der Waals surface area contributed by atoms with Crippen molar-refractivity contribution in [2.75, 3.05) is 13.1 Å². The highest BCUT2D eigenvalue weighted by Gasteiger charge is 2.30. The first kappa shape index (κ1) is 16.0. The fourth-order valence-corrected chi connectivity index (χ4v) is 3.34. The molecule has 132 valence electrons. The molecule has 4 heterocycles. The Labute approximate surface area is 145 Å². The number of nitrogens with zero attached hydrogens (tertiary/aromatic N) is 6. The van der Waals surface area contributed by atoms with Crippen LogP contribution in [0.25, 0.3) is 5.65 Å². The molecule has 1 aliphatic rings. The van der Waals surface area contributed by atoms with Crippen molar-refractivity contribution in [3.63, 3.8) is 0 Å². The Kier molecular flexibility index (Phi) is 4.12. The minimum Gasteiger partial charge on any atom is -0.339 e. The highest BCUT2D eigenvalue weighted by molar-refractivity contribution is 5.35. The summed E-state index contributed by atoms with van der Waals surface area (Å²) in [5.41, 5.74) is 0.568. The van der Waals surface area contributed by atoms with Crippen molar-refractivity contribution in [3.05, 3.63) is 46.6 Å². The van der Waals surface area contributed by atoms with Crippen LogP contribution in [0.15, 0.2) is 33.7 Å². The standard InChI is InChI=1S/C17H22N6O2/c1-12(2)16-18-15(20-25-16)13-6-5-8-21(13)10-11-23-17(24)22-9-4-3-7-14(22)19-23/h3-4,7,9,12-13H,5-6,8,10-11H2,1-2H3/t13-/m0/s1. The summed E-state index contributed by atoms with van der Waals surface area (Å²) in [6.07, 6.45) is 3.85. The fourth-order valence-electron chi connectivity index (χ4n) is 3.34. The van der Waals surface area contributed by atoms with Crippen molar-refractivity contribution in [1.29, 1.82) is 0 Å².